The van der Waals surface area contributed by atoms with Gasteiger partial charge < -0.3 is 19.6 Å². The van der Waals surface area contributed by atoms with E-state index in [1.54, 1.807) is 25.1 Å². The number of carbonyl (C=O) groups is 1. The summed E-state index contributed by atoms with van der Waals surface area (Å²) in [5.74, 6) is -0.731. The lowest BCUT2D eigenvalue weighted by Gasteiger charge is -2.09. The number of hydrogen-bond acceptors (Lipinski definition) is 7. The van der Waals surface area contributed by atoms with Gasteiger partial charge in [0.05, 0.1) is 30.4 Å². The van der Waals surface area contributed by atoms with E-state index in [0.29, 0.717) is 5.76 Å². The molecule has 2 N–H and O–H groups in total. The standard InChI is InChI=1S/C17H15N3O6/c1-2-25-15-8-13(20(23)24)7-11(16(15)21)6-12(9-18)17(22)19-10-14-4-3-5-26-14/h3-8,21H,2,10H2,1H3,(H,19,22)/b12-6-. The highest BCUT2D eigenvalue weighted by Crippen LogP contribution is 2.36. The Hall–Kier alpha value is -3.80. The van der Waals surface area contributed by atoms with Crippen LogP contribution in [0.25, 0.3) is 6.08 Å². The highest BCUT2D eigenvalue weighted by atomic mass is 16.6. The first-order valence-corrected chi connectivity index (χ1v) is 7.52. The van der Waals surface area contributed by atoms with Gasteiger partial charge in [-0.15, -0.1) is 0 Å². The number of carbonyl (C=O) groups excluding carboxylic acids is 1. The third kappa shape index (κ3) is 4.39. The summed E-state index contributed by atoms with van der Waals surface area (Å²) in [5.41, 5.74) is -0.757. The molecule has 0 spiro atoms. The fourth-order valence-corrected chi connectivity index (χ4v) is 2.08. The van der Waals surface area contributed by atoms with Gasteiger partial charge in [0.2, 0.25) is 0 Å². The van der Waals surface area contributed by atoms with E-state index in [2.05, 4.69) is 5.32 Å². The van der Waals surface area contributed by atoms with Gasteiger partial charge in [0, 0.05) is 11.6 Å². The molecule has 1 amide bonds. The van der Waals surface area contributed by atoms with Gasteiger partial charge in [0.1, 0.15) is 17.4 Å². The number of nitriles is 1. The molecule has 0 bridgehead atoms. The third-order valence-corrected chi connectivity index (χ3v) is 3.27. The summed E-state index contributed by atoms with van der Waals surface area (Å²) >= 11 is 0. The smallest absolute Gasteiger partial charge is 0.274 e. The van der Waals surface area contributed by atoms with Crippen molar-refractivity contribution in [1.82, 2.24) is 5.32 Å². The molecule has 0 aliphatic heterocycles. The summed E-state index contributed by atoms with van der Waals surface area (Å²) < 4.78 is 10.2. The minimum Gasteiger partial charge on any atom is -0.504 e. The Kier molecular flexibility index (Phi) is 5.95. The number of nitrogens with one attached hydrogen (secondary N) is 1. The van der Waals surface area contributed by atoms with Crippen LogP contribution in [0.4, 0.5) is 5.69 Å². The first-order valence-electron chi connectivity index (χ1n) is 7.52. The van der Waals surface area contributed by atoms with Gasteiger partial charge in [0.25, 0.3) is 11.6 Å². The summed E-state index contributed by atoms with van der Waals surface area (Å²) in [6.07, 6.45) is 2.50. The number of rotatable bonds is 7. The molecule has 0 radical (unpaired) electrons. The molecule has 0 fully saturated rings. The van der Waals surface area contributed by atoms with Crippen molar-refractivity contribution in [2.75, 3.05) is 6.61 Å². The van der Waals surface area contributed by atoms with Crippen molar-refractivity contribution < 1.29 is 24.0 Å². The number of ether oxygens (including phenoxy) is 1. The number of hydrogen-bond donors (Lipinski definition) is 2. The molecular weight excluding hydrogens is 342 g/mol. The number of nitro benzene ring substituents is 1. The van der Waals surface area contributed by atoms with Crippen molar-refractivity contribution in [2.45, 2.75) is 13.5 Å². The molecule has 1 aromatic carbocycles. The first-order chi connectivity index (χ1) is 12.5. The van der Waals surface area contributed by atoms with Gasteiger partial charge in [-0.2, -0.15) is 5.26 Å². The number of non-ortho nitro benzene ring substituents is 1. The highest BCUT2D eigenvalue weighted by molar-refractivity contribution is 6.02. The van der Waals surface area contributed by atoms with E-state index in [0.717, 1.165) is 18.2 Å². The zero-order valence-corrected chi connectivity index (χ0v) is 13.8. The van der Waals surface area contributed by atoms with E-state index in [1.807, 2.05) is 0 Å². The Bertz CT molecular complexity index is 881. The lowest BCUT2D eigenvalue weighted by Crippen LogP contribution is -2.23. The van der Waals surface area contributed by atoms with Crippen molar-refractivity contribution in [3.63, 3.8) is 0 Å². The fourth-order valence-electron chi connectivity index (χ4n) is 2.08. The van der Waals surface area contributed by atoms with Crippen LogP contribution in [0.15, 0.2) is 40.5 Å². The molecule has 0 unspecified atom stereocenters. The first kappa shape index (κ1) is 18.5. The van der Waals surface area contributed by atoms with Crippen LogP contribution in [-0.2, 0) is 11.3 Å². The molecular formula is C17H15N3O6. The van der Waals surface area contributed by atoms with Gasteiger partial charge in [-0.05, 0) is 25.1 Å². The van der Waals surface area contributed by atoms with E-state index in [4.69, 9.17) is 9.15 Å². The molecule has 0 atom stereocenters. The second-order valence-electron chi connectivity index (χ2n) is 5.00. The molecule has 1 aromatic heterocycles. The normalized spacial score (nSPS) is 10.8. The van der Waals surface area contributed by atoms with Gasteiger partial charge in [-0.3, -0.25) is 14.9 Å². The number of furan rings is 1. The molecule has 0 aliphatic rings. The largest absolute Gasteiger partial charge is 0.504 e. The molecule has 2 rings (SSSR count). The van der Waals surface area contributed by atoms with Crippen molar-refractivity contribution in [1.29, 1.82) is 5.26 Å². The maximum absolute atomic E-state index is 12.1. The number of phenols is 1. The number of phenolic OH excluding ortho intramolecular Hbond substituents is 1. The number of benzene rings is 1. The molecule has 9 nitrogen and oxygen atoms in total. The Morgan fingerprint density at radius 2 is 2.31 bits per heavy atom. The summed E-state index contributed by atoms with van der Waals surface area (Å²) in [5, 5.41) is 32.9. The lowest BCUT2D eigenvalue weighted by molar-refractivity contribution is -0.385. The molecule has 1 heterocycles. The van der Waals surface area contributed by atoms with Gasteiger partial charge in [-0.25, -0.2) is 0 Å². The van der Waals surface area contributed by atoms with Crippen LogP contribution in [0.1, 0.15) is 18.2 Å². The molecule has 0 aliphatic carbocycles. The average Bonchev–Trinajstić information content (AvgIpc) is 3.13. The molecule has 26 heavy (non-hydrogen) atoms. The maximum Gasteiger partial charge on any atom is 0.274 e. The highest BCUT2D eigenvalue weighted by Gasteiger charge is 2.18. The quantitative estimate of drug-likeness (QED) is 0.336. The van der Waals surface area contributed by atoms with Crippen LogP contribution in [0.2, 0.25) is 0 Å². The topological polar surface area (TPSA) is 139 Å². The lowest BCUT2D eigenvalue weighted by atomic mass is 10.1. The SMILES string of the molecule is CCOc1cc([N+](=O)[O-])cc(/C=C(/C#N)C(=O)NCc2ccco2)c1O. The second-order valence-corrected chi connectivity index (χ2v) is 5.00. The van der Waals surface area contributed by atoms with E-state index in [1.165, 1.54) is 6.26 Å². The zero-order valence-electron chi connectivity index (χ0n) is 13.8. The number of amides is 1. The van der Waals surface area contributed by atoms with Crippen LogP contribution in [-0.4, -0.2) is 22.5 Å². The van der Waals surface area contributed by atoms with Crippen LogP contribution < -0.4 is 10.1 Å². The Morgan fingerprint density at radius 1 is 1.54 bits per heavy atom. The molecule has 2 aromatic rings. The van der Waals surface area contributed by atoms with Crippen molar-refractivity contribution in [3.8, 4) is 17.6 Å². The van der Waals surface area contributed by atoms with Crippen LogP contribution in [0.5, 0.6) is 11.5 Å². The van der Waals surface area contributed by atoms with Crippen LogP contribution >= 0.6 is 0 Å². The maximum atomic E-state index is 12.1. The van der Waals surface area contributed by atoms with Gasteiger partial charge in [0.15, 0.2) is 11.5 Å². The predicted molar refractivity (Wildman–Crippen MR) is 90.1 cm³/mol. The Labute approximate surface area is 148 Å². The minimum absolute atomic E-state index is 0.0654. The zero-order chi connectivity index (χ0) is 19.1. The van der Waals surface area contributed by atoms with Crippen molar-refractivity contribution in [3.05, 3.63) is 57.5 Å². The van der Waals surface area contributed by atoms with E-state index in [-0.39, 0.29) is 35.7 Å². The number of nitrogens with zero attached hydrogens (tertiary/aromatic N) is 2. The van der Waals surface area contributed by atoms with Gasteiger partial charge >= 0.3 is 0 Å². The molecule has 9 heteroatoms. The minimum atomic E-state index is -0.715. The summed E-state index contributed by atoms with van der Waals surface area (Å²) in [4.78, 5) is 22.5. The van der Waals surface area contributed by atoms with Crippen molar-refractivity contribution >= 4 is 17.7 Å². The monoisotopic (exact) mass is 357 g/mol. The van der Waals surface area contributed by atoms with Crippen LogP contribution in [0.3, 0.4) is 0 Å². The van der Waals surface area contributed by atoms with E-state index < -0.39 is 16.6 Å². The molecule has 0 saturated heterocycles. The van der Waals surface area contributed by atoms with Crippen molar-refractivity contribution in [2.24, 2.45) is 0 Å². The van der Waals surface area contributed by atoms with E-state index in [9.17, 15) is 25.3 Å². The fraction of sp³-hybridized carbons (Fsp3) is 0.176. The third-order valence-electron chi connectivity index (χ3n) is 3.27. The second kappa shape index (κ2) is 8.34. The van der Waals surface area contributed by atoms with E-state index >= 15 is 0 Å². The van der Waals surface area contributed by atoms with Gasteiger partial charge in [-0.1, -0.05) is 0 Å². The summed E-state index contributed by atoms with van der Waals surface area (Å²) in [6.45, 7) is 1.89. The number of aromatic hydroxyl groups is 1. The average molecular weight is 357 g/mol. The molecule has 134 valence electrons. The Morgan fingerprint density at radius 3 is 2.88 bits per heavy atom. The summed E-state index contributed by atoms with van der Waals surface area (Å²) in [6, 6.07) is 7.13. The Balaban J connectivity index is 2.33. The molecule has 0 saturated carbocycles. The summed E-state index contributed by atoms with van der Waals surface area (Å²) in [7, 11) is 0. The number of nitro groups is 1. The van der Waals surface area contributed by atoms with Crippen LogP contribution in [0, 0.1) is 21.4 Å². The predicted octanol–water partition coefficient (Wildman–Crippen LogP) is 2.52.